The van der Waals surface area contributed by atoms with Crippen LogP contribution in [0.4, 0.5) is 0 Å². The highest BCUT2D eigenvalue weighted by Crippen LogP contribution is 2.44. The van der Waals surface area contributed by atoms with Gasteiger partial charge in [-0.15, -0.1) is 11.3 Å². The molecule has 11 rings (SSSR count). The zero-order chi connectivity index (χ0) is 37.0. The van der Waals surface area contributed by atoms with Crippen molar-refractivity contribution >= 4 is 53.4 Å². The zero-order valence-electron chi connectivity index (χ0n) is 30.1. The molecule has 4 aromatic heterocycles. The van der Waals surface area contributed by atoms with Gasteiger partial charge in [0.1, 0.15) is 11.2 Å². The lowest BCUT2D eigenvalue weighted by Crippen LogP contribution is -1.96. The lowest BCUT2D eigenvalue weighted by atomic mass is 9.93. The molecule has 0 aliphatic rings. The zero-order valence-corrected chi connectivity index (χ0v) is 30.9. The standard InChI is InChI=1S/C51H31N3OS/c1-2-10-36(11-3-1)51-53-44(31-45(54-51)35-23-21-33(22-24-35)43-14-8-9-29-52-43)34-19-17-32(18-20-34)38-27-28-39(50-49(38)42-13-4-6-15-46(42)55-50)37-25-26-41-40-12-5-7-16-47(40)56-48(41)30-37/h1-31H. The van der Waals surface area contributed by atoms with Crippen LogP contribution >= 0.6 is 11.3 Å². The first-order chi connectivity index (χ1) is 27.7. The minimum absolute atomic E-state index is 0.687. The molecule has 0 saturated carbocycles. The summed E-state index contributed by atoms with van der Waals surface area (Å²) < 4.78 is 9.27. The number of furan rings is 1. The van der Waals surface area contributed by atoms with Crippen molar-refractivity contribution in [2.45, 2.75) is 0 Å². The van der Waals surface area contributed by atoms with Gasteiger partial charge in [0.2, 0.25) is 0 Å². The lowest BCUT2D eigenvalue weighted by molar-refractivity contribution is 0.670. The molecule has 0 aliphatic carbocycles. The number of benzene rings is 7. The van der Waals surface area contributed by atoms with Crippen LogP contribution in [0.1, 0.15) is 0 Å². The van der Waals surface area contributed by atoms with Crippen molar-refractivity contribution in [3.8, 4) is 67.4 Å². The number of hydrogen-bond acceptors (Lipinski definition) is 5. The largest absolute Gasteiger partial charge is 0.455 e. The van der Waals surface area contributed by atoms with Gasteiger partial charge >= 0.3 is 0 Å². The Morgan fingerprint density at radius 3 is 1.75 bits per heavy atom. The summed E-state index contributed by atoms with van der Waals surface area (Å²) in [6.07, 6.45) is 1.82. The van der Waals surface area contributed by atoms with Crippen LogP contribution < -0.4 is 0 Å². The first-order valence-electron chi connectivity index (χ1n) is 18.7. The SMILES string of the molecule is c1ccc(-c2nc(-c3ccc(-c4ccccn4)cc3)cc(-c3ccc(-c4ccc(-c5ccc6c(c5)sc5ccccc56)c5oc6ccccc6c45)cc3)n2)cc1. The molecule has 0 bridgehead atoms. The van der Waals surface area contributed by atoms with Crippen LogP contribution in [0.2, 0.25) is 0 Å². The van der Waals surface area contributed by atoms with Gasteiger partial charge < -0.3 is 4.42 Å². The van der Waals surface area contributed by atoms with Gasteiger partial charge in [0.15, 0.2) is 5.82 Å². The number of aromatic nitrogens is 3. The fraction of sp³-hybridized carbons (Fsp3) is 0. The predicted octanol–water partition coefficient (Wildman–Crippen LogP) is 14.1. The van der Waals surface area contributed by atoms with E-state index in [-0.39, 0.29) is 0 Å². The molecule has 0 amide bonds. The summed E-state index contributed by atoms with van der Waals surface area (Å²) in [5.74, 6) is 0.687. The van der Waals surface area contributed by atoms with Gasteiger partial charge in [-0.05, 0) is 59.2 Å². The summed E-state index contributed by atoms with van der Waals surface area (Å²) in [4.78, 5) is 14.7. The van der Waals surface area contributed by atoms with Gasteiger partial charge in [0, 0.05) is 65.0 Å². The monoisotopic (exact) mass is 733 g/mol. The summed E-state index contributed by atoms with van der Waals surface area (Å²) in [5.41, 5.74) is 13.0. The molecule has 0 aliphatic heterocycles. The fourth-order valence-electron chi connectivity index (χ4n) is 7.81. The summed E-state index contributed by atoms with van der Waals surface area (Å²) in [5, 5.41) is 4.81. The van der Waals surface area contributed by atoms with Gasteiger partial charge in [0.25, 0.3) is 0 Å². The summed E-state index contributed by atoms with van der Waals surface area (Å²) in [6, 6.07) is 63.6. The Labute approximate surface area is 327 Å². The Kier molecular flexibility index (Phi) is 7.64. The van der Waals surface area contributed by atoms with E-state index in [1.807, 2.05) is 60.0 Å². The Hall–Kier alpha value is -7.21. The Balaban J connectivity index is 1.00. The van der Waals surface area contributed by atoms with Crippen molar-refractivity contribution < 1.29 is 4.42 Å². The van der Waals surface area contributed by atoms with Gasteiger partial charge in [-0.2, -0.15) is 0 Å². The maximum atomic E-state index is 6.69. The molecule has 0 unspecified atom stereocenters. The Bertz CT molecular complexity index is 3220. The normalized spacial score (nSPS) is 11.6. The second-order valence-electron chi connectivity index (χ2n) is 14.0. The molecule has 262 valence electrons. The van der Waals surface area contributed by atoms with E-state index in [2.05, 4.69) is 145 Å². The van der Waals surface area contributed by atoms with E-state index in [9.17, 15) is 0 Å². The highest BCUT2D eigenvalue weighted by atomic mass is 32.1. The number of rotatable bonds is 6. The average Bonchev–Trinajstić information content (AvgIpc) is 3.85. The molecule has 11 aromatic rings. The number of thiophene rings is 1. The van der Waals surface area contributed by atoms with Crippen LogP contribution in [0.15, 0.2) is 193 Å². The lowest BCUT2D eigenvalue weighted by Gasteiger charge is -2.11. The van der Waals surface area contributed by atoms with Crippen LogP contribution in [0.25, 0.3) is 110 Å². The smallest absolute Gasteiger partial charge is 0.160 e. The molecule has 0 spiro atoms. The Morgan fingerprint density at radius 2 is 1.00 bits per heavy atom. The molecule has 0 saturated heterocycles. The van der Waals surface area contributed by atoms with E-state index in [0.29, 0.717) is 5.82 Å². The van der Waals surface area contributed by atoms with Crippen LogP contribution in [0.5, 0.6) is 0 Å². The highest BCUT2D eigenvalue weighted by Gasteiger charge is 2.19. The van der Waals surface area contributed by atoms with Crippen LogP contribution in [0, 0.1) is 0 Å². The molecule has 0 radical (unpaired) electrons. The van der Waals surface area contributed by atoms with Crippen molar-refractivity contribution in [3.63, 3.8) is 0 Å². The van der Waals surface area contributed by atoms with E-state index in [1.165, 1.54) is 20.2 Å². The van der Waals surface area contributed by atoms with Gasteiger partial charge in [-0.3, -0.25) is 4.98 Å². The van der Waals surface area contributed by atoms with Gasteiger partial charge in [0.05, 0.1) is 17.1 Å². The van der Waals surface area contributed by atoms with Gasteiger partial charge in [-0.25, -0.2) is 9.97 Å². The predicted molar refractivity (Wildman–Crippen MR) is 233 cm³/mol. The van der Waals surface area contributed by atoms with Crippen molar-refractivity contribution in [2.24, 2.45) is 0 Å². The summed E-state index contributed by atoms with van der Waals surface area (Å²) in [7, 11) is 0. The molecule has 0 fully saturated rings. The van der Waals surface area contributed by atoms with Crippen molar-refractivity contribution in [1.82, 2.24) is 15.0 Å². The molecule has 0 atom stereocenters. The van der Waals surface area contributed by atoms with E-state index in [1.54, 1.807) is 0 Å². The van der Waals surface area contributed by atoms with E-state index in [4.69, 9.17) is 14.4 Å². The number of hydrogen-bond donors (Lipinski definition) is 0. The first-order valence-corrected chi connectivity index (χ1v) is 19.5. The summed E-state index contributed by atoms with van der Waals surface area (Å²) >= 11 is 1.84. The average molecular weight is 734 g/mol. The van der Waals surface area contributed by atoms with Gasteiger partial charge in [-0.1, -0.05) is 140 Å². The maximum absolute atomic E-state index is 6.69. The first kappa shape index (κ1) is 32.2. The third kappa shape index (κ3) is 5.56. The minimum atomic E-state index is 0.687. The maximum Gasteiger partial charge on any atom is 0.160 e. The van der Waals surface area contributed by atoms with Crippen LogP contribution in [-0.4, -0.2) is 15.0 Å². The Morgan fingerprint density at radius 1 is 0.393 bits per heavy atom. The summed E-state index contributed by atoms with van der Waals surface area (Å²) in [6.45, 7) is 0. The fourth-order valence-corrected chi connectivity index (χ4v) is 8.96. The van der Waals surface area contributed by atoms with E-state index >= 15 is 0 Å². The van der Waals surface area contributed by atoms with Crippen LogP contribution in [-0.2, 0) is 0 Å². The number of para-hydroxylation sites is 1. The molecule has 56 heavy (non-hydrogen) atoms. The minimum Gasteiger partial charge on any atom is -0.455 e. The second kappa shape index (κ2) is 13.3. The third-order valence-electron chi connectivity index (χ3n) is 10.6. The number of pyridine rings is 1. The van der Waals surface area contributed by atoms with Crippen molar-refractivity contribution in [2.75, 3.05) is 0 Å². The third-order valence-corrected chi connectivity index (χ3v) is 11.7. The van der Waals surface area contributed by atoms with Crippen molar-refractivity contribution in [3.05, 3.63) is 188 Å². The molecular weight excluding hydrogens is 703 g/mol. The van der Waals surface area contributed by atoms with Crippen molar-refractivity contribution in [1.29, 1.82) is 0 Å². The molecule has 4 heterocycles. The van der Waals surface area contributed by atoms with E-state index in [0.717, 1.165) is 83.5 Å². The highest BCUT2D eigenvalue weighted by molar-refractivity contribution is 7.25. The number of fused-ring (bicyclic) bond motifs is 6. The molecular formula is C51H31N3OS. The second-order valence-corrected chi connectivity index (χ2v) is 15.1. The topological polar surface area (TPSA) is 51.8 Å². The molecule has 7 aromatic carbocycles. The van der Waals surface area contributed by atoms with Crippen LogP contribution in [0.3, 0.4) is 0 Å². The molecule has 5 heteroatoms. The quantitative estimate of drug-likeness (QED) is 0.171. The molecule has 0 N–H and O–H groups in total. The molecule has 4 nitrogen and oxygen atoms in total. The number of nitrogens with zero attached hydrogens (tertiary/aromatic N) is 3. The van der Waals surface area contributed by atoms with E-state index < -0.39 is 0 Å².